The van der Waals surface area contributed by atoms with Gasteiger partial charge in [0.25, 0.3) is 0 Å². The van der Waals surface area contributed by atoms with Gasteiger partial charge in [-0.3, -0.25) is 0 Å². The molecule has 2 N–H and O–H groups in total. The Kier molecular flexibility index (Phi) is 8.95. The second-order valence-corrected chi connectivity index (χ2v) is 7.11. The van der Waals surface area contributed by atoms with Gasteiger partial charge >= 0.3 is 0 Å². The predicted octanol–water partition coefficient (Wildman–Crippen LogP) is 2.20. The summed E-state index contributed by atoms with van der Waals surface area (Å²) < 4.78 is 2.21. The summed E-state index contributed by atoms with van der Waals surface area (Å²) >= 11 is 0. The van der Waals surface area contributed by atoms with Gasteiger partial charge in [-0.1, -0.05) is 31.7 Å². The van der Waals surface area contributed by atoms with Gasteiger partial charge in [0.15, 0.2) is 12.4 Å². The fraction of sp³-hybridized carbons (Fsp3) is 0.667. The highest BCUT2D eigenvalue weighted by atomic mass is 31.2. The summed E-state index contributed by atoms with van der Waals surface area (Å²) in [5, 5.41) is 0. The van der Waals surface area contributed by atoms with Crippen LogP contribution >= 0.6 is 7.94 Å². The van der Waals surface area contributed by atoms with Crippen LogP contribution in [0.25, 0.3) is 0 Å². The Balaban J connectivity index is 1.83. The number of pyridine rings is 1. The summed E-state index contributed by atoms with van der Waals surface area (Å²) in [6.45, 7) is 1.09. The van der Waals surface area contributed by atoms with Crippen molar-refractivity contribution in [3.05, 3.63) is 30.6 Å². The average molecular weight is 300 g/mol. The van der Waals surface area contributed by atoms with Crippen molar-refractivity contribution < 1.29 is 19.2 Å². The van der Waals surface area contributed by atoms with Crippen LogP contribution in [0.1, 0.15) is 51.4 Å². The smallest absolute Gasteiger partial charge is 0.230 e. The van der Waals surface area contributed by atoms with Crippen molar-refractivity contribution in [1.82, 2.24) is 0 Å². The van der Waals surface area contributed by atoms with E-state index in [0.29, 0.717) is 6.42 Å². The van der Waals surface area contributed by atoms with Crippen molar-refractivity contribution in [2.45, 2.75) is 57.9 Å². The van der Waals surface area contributed by atoms with Crippen LogP contribution in [0.15, 0.2) is 30.6 Å². The van der Waals surface area contributed by atoms with Crippen molar-refractivity contribution in [2.24, 2.45) is 0 Å². The Morgan fingerprint density at radius 3 is 1.80 bits per heavy atom. The van der Waals surface area contributed by atoms with Crippen molar-refractivity contribution in [3.8, 4) is 0 Å². The Morgan fingerprint density at radius 2 is 1.25 bits per heavy atom. The number of unbranched alkanes of at least 4 members (excludes halogenated alkanes) is 7. The Morgan fingerprint density at radius 1 is 0.750 bits per heavy atom. The molecule has 0 radical (unpaired) electrons. The first-order chi connectivity index (χ1) is 9.58. The van der Waals surface area contributed by atoms with E-state index in [9.17, 15) is 4.89 Å². The quantitative estimate of drug-likeness (QED) is 0.374. The number of aryl methyl sites for hydroxylation is 1. The average Bonchev–Trinajstić information content (AvgIpc) is 2.41. The molecule has 20 heavy (non-hydrogen) atoms. The summed E-state index contributed by atoms with van der Waals surface area (Å²) in [7, 11) is -3.77. The van der Waals surface area contributed by atoms with Crippen LogP contribution in [0.5, 0.6) is 0 Å². The molecule has 0 spiro atoms. The molecule has 1 aromatic rings. The standard InChI is InChI=1S/C15H26NO3P/c17-20(18,19)15-11-6-4-2-1-3-5-8-12-16-13-9-7-10-14-16/h7,9-10,13-14H,1-6,8,11-12,15H2,(H-,17,18,19)/p+1. The third kappa shape index (κ3) is 10.3. The molecule has 0 saturated heterocycles. The highest BCUT2D eigenvalue weighted by Gasteiger charge is 2.16. The van der Waals surface area contributed by atoms with E-state index < -0.39 is 7.94 Å². The molecule has 0 aromatic carbocycles. The maximum Gasteiger partial charge on any atom is 0.230 e. The van der Waals surface area contributed by atoms with Gasteiger partial charge in [-0.2, -0.15) is 0 Å². The zero-order valence-electron chi connectivity index (χ0n) is 12.2. The molecular formula is C15H27NO3P+. The third-order valence-corrected chi connectivity index (χ3v) is 4.29. The second kappa shape index (κ2) is 10.2. The first kappa shape index (κ1) is 17.5. The van der Waals surface area contributed by atoms with Crippen molar-refractivity contribution in [3.63, 3.8) is 0 Å². The molecule has 1 rings (SSSR count). The van der Waals surface area contributed by atoms with Gasteiger partial charge in [0.05, 0.1) is 0 Å². The number of nitrogens with zero attached hydrogens (tertiary/aromatic N) is 1. The second-order valence-electron chi connectivity index (χ2n) is 5.33. The zero-order valence-corrected chi connectivity index (χ0v) is 13.0. The van der Waals surface area contributed by atoms with Gasteiger partial charge in [-0.15, -0.1) is 0 Å². The van der Waals surface area contributed by atoms with Crippen LogP contribution in [0.2, 0.25) is 0 Å². The van der Waals surface area contributed by atoms with Crippen molar-refractivity contribution in [1.29, 1.82) is 0 Å². The van der Waals surface area contributed by atoms with E-state index in [2.05, 4.69) is 29.1 Å². The van der Waals surface area contributed by atoms with Crippen LogP contribution < -0.4 is 9.46 Å². The van der Waals surface area contributed by atoms with Gasteiger partial charge in [0.1, 0.15) is 12.7 Å². The molecule has 5 heteroatoms. The third-order valence-electron chi connectivity index (χ3n) is 3.39. The fourth-order valence-electron chi connectivity index (χ4n) is 2.26. The molecule has 0 amide bonds. The summed E-state index contributed by atoms with van der Waals surface area (Å²) in [5.74, 6) is 0. The van der Waals surface area contributed by atoms with Crippen LogP contribution in [-0.4, -0.2) is 15.9 Å². The van der Waals surface area contributed by atoms with E-state index in [4.69, 9.17) is 9.79 Å². The summed E-state index contributed by atoms with van der Waals surface area (Å²) in [6, 6.07) is 6.14. The number of rotatable bonds is 11. The van der Waals surface area contributed by atoms with Crippen LogP contribution in [0, 0.1) is 0 Å². The first-order valence-corrected chi connectivity index (χ1v) is 9.36. The molecule has 0 bridgehead atoms. The maximum atomic E-state index is 10.6. The van der Waals surface area contributed by atoms with E-state index in [1.54, 1.807) is 0 Å². The van der Waals surface area contributed by atoms with Gasteiger partial charge in [0.2, 0.25) is 7.94 Å². The molecule has 0 aliphatic heterocycles. The van der Waals surface area contributed by atoms with Crippen LogP contribution in [0.4, 0.5) is 0 Å². The van der Waals surface area contributed by atoms with Gasteiger partial charge in [-0.25, -0.2) is 14.4 Å². The molecular weight excluding hydrogens is 273 g/mol. The molecule has 1 aromatic heterocycles. The van der Waals surface area contributed by atoms with E-state index in [1.165, 1.54) is 32.1 Å². The van der Waals surface area contributed by atoms with Crippen LogP contribution in [0.3, 0.4) is 0 Å². The highest BCUT2D eigenvalue weighted by Crippen LogP contribution is 2.39. The normalized spacial score (nSPS) is 11.8. The molecule has 0 aliphatic carbocycles. The van der Waals surface area contributed by atoms with Gasteiger partial charge in [0, 0.05) is 18.6 Å². The molecule has 114 valence electrons. The fourth-order valence-corrected chi connectivity index (χ4v) is 2.89. The topological polar surface area (TPSA) is 67.4 Å². The Hall–Kier alpha value is -0.540. The van der Waals surface area contributed by atoms with E-state index >= 15 is 0 Å². The number of aromatic nitrogens is 1. The SMILES string of the molecule is [O-][P+](O)(O)CCCCCCCCCC[n+]1ccccc1. The monoisotopic (exact) mass is 300 g/mol. The first-order valence-electron chi connectivity index (χ1n) is 7.56. The lowest BCUT2D eigenvalue weighted by atomic mass is 10.1. The lowest BCUT2D eigenvalue weighted by molar-refractivity contribution is -0.697. The minimum absolute atomic E-state index is 0.0430. The minimum Gasteiger partial charge on any atom is -0.632 e. The Bertz CT molecular complexity index is 341. The zero-order chi connectivity index (χ0) is 14.7. The molecule has 0 fully saturated rings. The van der Waals surface area contributed by atoms with Gasteiger partial charge < -0.3 is 4.89 Å². The summed E-state index contributed by atoms with van der Waals surface area (Å²) in [5.41, 5.74) is 0. The number of hydrogen-bond acceptors (Lipinski definition) is 3. The maximum absolute atomic E-state index is 10.6. The molecule has 4 nitrogen and oxygen atoms in total. The lowest BCUT2D eigenvalue weighted by Gasteiger charge is -2.14. The molecule has 1 heterocycles. The molecule has 0 saturated carbocycles. The molecule has 0 atom stereocenters. The van der Waals surface area contributed by atoms with E-state index in [-0.39, 0.29) is 6.16 Å². The van der Waals surface area contributed by atoms with Crippen LogP contribution in [-0.2, 0) is 6.54 Å². The van der Waals surface area contributed by atoms with E-state index in [1.807, 2.05) is 6.07 Å². The largest absolute Gasteiger partial charge is 0.632 e. The highest BCUT2D eigenvalue weighted by molar-refractivity contribution is 7.57. The van der Waals surface area contributed by atoms with Gasteiger partial charge in [-0.05, 0) is 19.3 Å². The Labute approximate surface area is 122 Å². The number of hydrogen-bond donors (Lipinski definition) is 2. The van der Waals surface area contributed by atoms with E-state index in [0.717, 1.165) is 19.4 Å². The predicted molar refractivity (Wildman–Crippen MR) is 79.8 cm³/mol. The van der Waals surface area contributed by atoms with Crippen molar-refractivity contribution in [2.75, 3.05) is 6.16 Å². The molecule has 0 unspecified atom stereocenters. The summed E-state index contributed by atoms with van der Waals surface area (Å²) in [4.78, 5) is 28.1. The molecule has 0 aliphatic rings. The lowest BCUT2D eigenvalue weighted by Crippen LogP contribution is -2.32. The minimum atomic E-state index is -3.77. The summed E-state index contributed by atoms with van der Waals surface area (Å²) in [6.07, 6.45) is 13.1. The van der Waals surface area contributed by atoms with Crippen molar-refractivity contribution >= 4 is 7.94 Å².